The fourth-order valence-electron chi connectivity index (χ4n) is 2.31. The van der Waals surface area contributed by atoms with Gasteiger partial charge in [-0.05, 0) is 13.8 Å². The lowest BCUT2D eigenvalue weighted by Gasteiger charge is -2.13. The maximum atomic E-state index is 11.4. The van der Waals surface area contributed by atoms with Gasteiger partial charge in [-0.1, -0.05) is 0 Å². The van der Waals surface area contributed by atoms with Crippen molar-refractivity contribution in [2.75, 3.05) is 5.32 Å². The average molecular weight is 270 g/mol. The minimum atomic E-state index is -0.0122. The third kappa shape index (κ3) is 1.86. The van der Waals surface area contributed by atoms with Crippen molar-refractivity contribution in [1.82, 2.24) is 19.6 Å². The number of carbonyl (C=O) groups excluding carboxylic acids is 1. The predicted octanol–water partition coefficient (Wildman–Crippen LogP) is 1.54. The number of nitriles is 1. The number of aromatic nitrogens is 4. The molecule has 2 aromatic rings. The van der Waals surface area contributed by atoms with Crippen LogP contribution in [-0.4, -0.2) is 25.5 Å². The lowest BCUT2D eigenvalue weighted by atomic mass is 10.2. The van der Waals surface area contributed by atoms with Gasteiger partial charge in [-0.2, -0.15) is 15.5 Å². The highest BCUT2D eigenvalue weighted by Crippen LogP contribution is 2.28. The zero-order valence-corrected chi connectivity index (χ0v) is 11.3. The Hall–Kier alpha value is -2.62. The van der Waals surface area contributed by atoms with Crippen LogP contribution in [0.2, 0.25) is 0 Å². The molecule has 1 aliphatic rings. The molecule has 0 saturated heterocycles. The lowest BCUT2D eigenvalue weighted by molar-refractivity contribution is -0.116. The van der Waals surface area contributed by atoms with E-state index in [1.807, 2.05) is 13.8 Å². The molecule has 2 aromatic heterocycles. The number of hydrogen-bond donors (Lipinski definition) is 1. The summed E-state index contributed by atoms with van der Waals surface area (Å²) in [5.41, 5.74) is 1.84. The topological polar surface area (TPSA) is 88.5 Å². The molecule has 0 radical (unpaired) electrons. The van der Waals surface area contributed by atoms with Gasteiger partial charge in [0.1, 0.15) is 23.3 Å². The van der Waals surface area contributed by atoms with Crippen LogP contribution in [0.3, 0.4) is 0 Å². The van der Waals surface area contributed by atoms with Crippen molar-refractivity contribution in [2.45, 2.75) is 32.9 Å². The van der Waals surface area contributed by atoms with Crippen LogP contribution in [0.15, 0.2) is 12.3 Å². The third-order valence-corrected chi connectivity index (χ3v) is 3.25. The van der Waals surface area contributed by atoms with Crippen LogP contribution in [0.1, 0.15) is 31.9 Å². The molecule has 3 rings (SSSR count). The van der Waals surface area contributed by atoms with Crippen molar-refractivity contribution in [2.24, 2.45) is 0 Å². The second-order valence-electron chi connectivity index (χ2n) is 4.99. The van der Waals surface area contributed by atoms with Gasteiger partial charge < -0.3 is 5.32 Å². The van der Waals surface area contributed by atoms with Gasteiger partial charge in [0.2, 0.25) is 5.91 Å². The summed E-state index contributed by atoms with van der Waals surface area (Å²) in [6.07, 6.45) is 1.97. The van der Waals surface area contributed by atoms with Gasteiger partial charge in [0, 0.05) is 18.5 Å². The minimum Gasteiger partial charge on any atom is -0.311 e. The first-order valence-electron chi connectivity index (χ1n) is 6.46. The number of aryl methyl sites for hydroxylation is 1. The molecule has 0 saturated carbocycles. The van der Waals surface area contributed by atoms with Crippen LogP contribution in [0, 0.1) is 11.3 Å². The molecule has 0 atom stereocenters. The largest absolute Gasteiger partial charge is 0.311 e. The van der Waals surface area contributed by atoms with Gasteiger partial charge in [0.25, 0.3) is 0 Å². The van der Waals surface area contributed by atoms with Crippen LogP contribution >= 0.6 is 0 Å². The molecule has 0 bridgehead atoms. The maximum absolute atomic E-state index is 11.4. The van der Waals surface area contributed by atoms with E-state index in [-0.39, 0.29) is 11.9 Å². The number of fused-ring (bicyclic) bond motifs is 1. The highest BCUT2D eigenvalue weighted by atomic mass is 16.1. The number of rotatable bonds is 2. The summed E-state index contributed by atoms with van der Waals surface area (Å²) in [4.78, 5) is 11.4. The number of hydrogen-bond acceptors (Lipinski definition) is 4. The van der Waals surface area contributed by atoms with Crippen LogP contribution < -0.4 is 5.32 Å². The highest BCUT2D eigenvalue weighted by Gasteiger charge is 2.22. The Bertz CT molecular complexity index is 718. The molecule has 0 fully saturated rings. The molecule has 7 heteroatoms. The summed E-state index contributed by atoms with van der Waals surface area (Å²) in [7, 11) is 0. The first kappa shape index (κ1) is 12.4. The molecule has 7 nitrogen and oxygen atoms in total. The van der Waals surface area contributed by atoms with Crippen LogP contribution in [0.25, 0.3) is 11.4 Å². The van der Waals surface area contributed by atoms with E-state index >= 15 is 0 Å². The van der Waals surface area contributed by atoms with Gasteiger partial charge in [-0.15, -0.1) is 0 Å². The molecular formula is C13H14N6O. The molecule has 0 aromatic carbocycles. The summed E-state index contributed by atoms with van der Waals surface area (Å²) >= 11 is 0. The summed E-state index contributed by atoms with van der Waals surface area (Å²) in [6, 6.07) is 4.05. The Morgan fingerprint density at radius 3 is 3.00 bits per heavy atom. The Balaban J connectivity index is 2.12. The molecule has 1 aliphatic heterocycles. The van der Waals surface area contributed by atoms with Crippen molar-refractivity contribution in [3.8, 4) is 17.5 Å². The van der Waals surface area contributed by atoms with E-state index < -0.39 is 0 Å². The van der Waals surface area contributed by atoms with Crippen molar-refractivity contribution >= 4 is 11.7 Å². The van der Waals surface area contributed by atoms with Gasteiger partial charge in [0.05, 0.1) is 18.3 Å². The van der Waals surface area contributed by atoms with Crippen LogP contribution in [0.5, 0.6) is 0 Å². The Morgan fingerprint density at radius 2 is 2.30 bits per heavy atom. The molecule has 20 heavy (non-hydrogen) atoms. The van der Waals surface area contributed by atoms with Crippen molar-refractivity contribution in [3.63, 3.8) is 0 Å². The number of carbonyl (C=O) groups is 1. The fraction of sp³-hybridized carbons (Fsp3) is 0.385. The van der Waals surface area contributed by atoms with Gasteiger partial charge in [-0.3, -0.25) is 9.48 Å². The van der Waals surface area contributed by atoms with E-state index in [4.69, 9.17) is 0 Å². The average Bonchev–Trinajstić information content (AvgIpc) is 3.00. The second kappa shape index (κ2) is 4.49. The van der Waals surface area contributed by atoms with Crippen LogP contribution in [0.4, 0.5) is 5.82 Å². The molecule has 0 aliphatic carbocycles. The van der Waals surface area contributed by atoms with E-state index in [0.717, 1.165) is 0 Å². The molecule has 0 spiro atoms. The Labute approximate surface area is 115 Å². The van der Waals surface area contributed by atoms with Gasteiger partial charge in [-0.25, -0.2) is 4.68 Å². The molecule has 1 amide bonds. The van der Waals surface area contributed by atoms with E-state index in [0.29, 0.717) is 35.7 Å². The van der Waals surface area contributed by atoms with E-state index in [1.54, 1.807) is 21.6 Å². The number of anilines is 1. The molecule has 1 N–H and O–H groups in total. The Morgan fingerprint density at radius 1 is 1.50 bits per heavy atom. The zero-order valence-electron chi connectivity index (χ0n) is 11.3. The van der Waals surface area contributed by atoms with E-state index in [2.05, 4.69) is 21.6 Å². The lowest BCUT2D eigenvalue weighted by Crippen LogP contribution is -2.23. The van der Waals surface area contributed by atoms with Crippen molar-refractivity contribution in [3.05, 3.63) is 17.8 Å². The monoisotopic (exact) mass is 270 g/mol. The molecular weight excluding hydrogens is 256 g/mol. The minimum absolute atomic E-state index is 0.0122. The molecule has 102 valence electrons. The summed E-state index contributed by atoms with van der Waals surface area (Å²) < 4.78 is 3.52. The first-order chi connectivity index (χ1) is 9.60. The normalized spacial score (nSPS) is 14.0. The molecule has 3 heterocycles. The summed E-state index contributed by atoms with van der Waals surface area (Å²) in [6.45, 7) is 4.55. The number of nitrogens with one attached hydrogen (secondary N) is 1. The zero-order chi connectivity index (χ0) is 14.3. The Kier molecular flexibility index (Phi) is 2.79. The predicted molar refractivity (Wildman–Crippen MR) is 71.8 cm³/mol. The number of nitrogens with zero attached hydrogens (tertiary/aromatic N) is 5. The third-order valence-electron chi connectivity index (χ3n) is 3.25. The molecule has 0 unspecified atom stereocenters. The summed E-state index contributed by atoms with van der Waals surface area (Å²) in [5, 5.41) is 20.7. The van der Waals surface area contributed by atoms with Crippen molar-refractivity contribution in [1.29, 1.82) is 5.26 Å². The van der Waals surface area contributed by atoms with Gasteiger partial charge >= 0.3 is 0 Å². The smallest absolute Gasteiger partial charge is 0.227 e. The van der Waals surface area contributed by atoms with E-state index in [9.17, 15) is 10.1 Å². The van der Waals surface area contributed by atoms with Crippen LogP contribution in [-0.2, 0) is 11.3 Å². The second-order valence-corrected chi connectivity index (χ2v) is 4.99. The standard InChI is InChI=1S/C13H14N6O/c1-8(2)19-13(9(6-14)7-15-19)10-5-11-16-12(20)3-4-18(11)17-10/h5,7-8H,3-4H2,1-2H3,(H,16,20). The first-order valence-corrected chi connectivity index (χ1v) is 6.46. The van der Waals surface area contributed by atoms with E-state index in [1.165, 1.54) is 0 Å². The quantitative estimate of drug-likeness (QED) is 0.896. The fourth-order valence-corrected chi connectivity index (χ4v) is 2.31. The highest BCUT2D eigenvalue weighted by molar-refractivity contribution is 5.91. The number of amides is 1. The maximum Gasteiger partial charge on any atom is 0.227 e. The van der Waals surface area contributed by atoms with Gasteiger partial charge in [0.15, 0.2) is 0 Å². The summed E-state index contributed by atoms with van der Waals surface area (Å²) in [5.74, 6) is 0.651. The SMILES string of the molecule is CC(C)n1ncc(C#N)c1-c1cc2n(n1)CCC(=O)N2. The van der Waals surface area contributed by atoms with Crippen molar-refractivity contribution < 1.29 is 4.79 Å².